The zero-order chi connectivity index (χ0) is 46.1. The lowest BCUT2D eigenvalue weighted by molar-refractivity contribution is 0.0850. The summed E-state index contributed by atoms with van der Waals surface area (Å²) in [5.41, 5.74) is 3.80. The molecule has 0 bridgehead atoms. The van der Waals surface area contributed by atoms with Crippen LogP contribution in [-0.4, -0.2) is 116 Å². The number of nitriles is 1. The third-order valence-electron chi connectivity index (χ3n) is 14.1. The number of anilines is 3. The minimum absolute atomic E-state index is 0.0349. The van der Waals surface area contributed by atoms with Gasteiger partial charge in [0.2, 0.25) is 5.88 Å². The number of piperidine rings is 3. The molecule has 1 atom stereocenters. The highest BCUT2D eigenvalue weighted by molar-refractivity contribution is 6.31. The van der Waals surface area contributed by atoms with Crippen molar-refractivity contribution in [3.8, 4) is 17.7 Å². The molecule has 5 aromatic rings. The van der Waals surface area contributed by atoms with Gasteiger partial charge >= 0.3 is 0 Å². The first-order chi connectivity index (χ1) is 32.8. The third-order valence-corrected chi connectivity index (χ3v) is 14.4. The summed E-state index contributed by atoms with van der Waals surface area (Å²) in [6, 6.07) is 17.4. The van der Waals surface area contributed by atoms with Gasteiger partial charge in [0, 0.05) is 94.5 Å². The smallest absolute Gasteiger partial charge is 0.272 e. The van der Waals surface area contributed by atoms with E-state index in [1.807, 2.05) is 29.0 Å². The number of aliphatic hydroxyl groups excluding tert-OH is 1. The van der Waals surface area contributed by atoms with E-state index in [9.17, 15) is 9.90 Å². The van der Waals surface area contributed by atoms with Crippen molar-refractivity contribution in [1.29, 1.82) is 5.26 Å². The summed E-state index contributed by atoms with van der Waals surface area (Å²) in [7, 11) is 0. The molecule has 0 radical (unpaired) electrons. The average Bonchev–Trinajstić information content (AvgIpc) is 3.79. The molecule has 4 aromatic heterocycles. The Morgan fingerprint density at radius 1 is 0.881 bits per heavy atom. The van der Waals surface area contributed by atoms with Gasteiger partial charge in [-0.25, -0.2) is 9.97 Å². The van der Waals surface area contributed by atoms with Gasteiger partial charge in [-0.3, -0.25) is 4.79 Å². The van der Waals surface area contributed by atoms with E-state index in [0.717, 1.165) is 151 Å². The molecule has 3 saturated heterocycles. The Bertz CT molecular complexity index is 2460. The van der Waals surface area contributed by atoms with Crippen molar-refractivity contribution in [3.05, 3.63) is 88.3 Å². The van der Waals surface area contributed by atoms with Crippen molar-refractivity contribution >= 4 is 40.6 Å². The molecule has 1 aromatic carbocycles. The van der Waals surface area contributed by atoms with Crippen LogP contribution in [0, 0.1) is 17.2 Å². The summed E-state index contributed by atoms with van der Waals surface area (Å²) in [6.45, 7) is 8.79. The van der Waals surface area contributed by atoms with Crippen molar-refractivity contribution in [3.63, 3.8) is 0 Å². The molecule has 16 nitrogen and oxygen atoms in total. The number of hydrogen-bond donors (Lipinski definition) is 3. The number of hydrogen-bond acceptors (Lipinski definition) is 14. The SMILES string of the molecule is CCc1cnn2c(NCc3ccc(OC4CCN(CC5CCN(c6ccc(C(=O)N[C@H]7CC[C@H](Oc8ccc(C#N)c(Cl)c8)CC7)nn6)CC5)CC4)nc3)cc(N3CCCC[C@H]3CCO)nc12. The van der Waals surface area contributed by atoms with Gasteiger partial charge in [-0.1, -0.05) is 24.6 Å². The van der Waals surface area contributed by atoms with Crippen LogP contribution in [0.25, 0.3) is 5.65 Å². The predicted molar refractivity (Wildman–Crippen MR) is 258 cm³/mol. The topological polar surface area (TPSA) is 182 Å². The van der Waals surface area contributed by atoms with Crippen molar-refractivity contribution in [1.82, 2.24) is 40.0 Å². The fourth-order valence-electron chi connectivity index (χ4n) is 10.2. The number of aliphatic hydroxyl groups is 1. The Morgan fingerprint density at radius 3 is 2.42 bits per heavy atom. The highest BCUT2D eigenvalue weighted by atomic mass is 35.5. The third kappa shape index (κ3) is 11.5. The van der Waals surface area contributed by atoms with E-state index < -0.39 is 0 Å². The summed E-state index contributed by atoms with van der Waals surface area (Å²) >= 11 is 6.17. The van der Waals surface area contributed by atoms with E-state index in [2.05, 4.69) is 65.8 Å². The number of aryl methyl sites for hydroxylation is 1. The van der Waals surface area contributed by atoms with E-state index in [4.69, 9.17) is 36.3 Å². The average molecular weight is 932 g/mol. The van der Waals surface area contributed by atoms with Crippen molar-refractivity contribution < 1.29 is 19.4 Å². The van der Waals surface area contributed by atoms with Gasteiger partial charge in [0.15, 0.2) is 17.2 Å². The number of carbonyl (C=O) groups is 1. The van der Waals surface area contributed by atoms with Gasteiger partial charge < -0.3 is 39.9 Å². The fourth-order valence-corrected chi connectivity index (χ4v) is 10.4. The number of nitrogens with zero attached hydrogens (tertiary/aromatic N) is 10. The van der Waals surface area contributed by atoms with E-state index in [0.29, 0.717) is 40.4 Å². The summed E-state index contributed by atoms with van der Waals surface area (Å²) in [5.74, 6) is 4.39. The van der Waals surface area contributed by atoms with E-state index >= 15 is 0 Å². The standard InChI is InChI=1S/C50H63ClN12O4/c1-2-36-32-55-63-46(28-47(57-49(36)63)62-21-4-3-5-39(62)20-26-64)53-30-35-6-15-48(54-31-35)67-41-18-22-60(23-19-41)33-34-16-24-61(25-17-34)45-14-13-44(58-59-45)50(65)56-38-8-11-40(12-9-38)66-42-10-7-37(29-52)43(51)27-42/h6-7,10,13-15,27-28,31-32,34,38-41,53,64H,2-5,8-9,11-12,16-26,30,33H2,1H3,(H,56,65)/t38-,39-,40-/m0/s1. The lowest BCUT2D eigenvalue weighted by atomic mass is 9.92. The second-order valence-electron chi connectivity index (χ2n) is 18.6. The molecule has 9 rings (SSSR count). The minimum atomic E-state index is -0.200. The Morgan fingerprint density at radius 2 is 1.70 bits per heavy atom. The molecule has 67 heavy (non-hydrogen) atoms. The van der Waals surface area contributed by atoms with E-state index in [1.165, 1.54) is 6.42 Å². The number of benzene rings is 1. The summed E-state index contributed by atoms with van der Waals surface area (Å²) in [4.78, 5) is 30.1. The fraction of sp³-hybridized carbons (Fsp3) is 0.540. The molecule has 4 aliphatic rings. The summed E-state index contributed by atoms with van der Waals surface area (Å²) in [5, 5.41) is 39.4. The number of fused-ring (bicyclic) bond motifs is 1. The Labute approximate surface area is 398 Å². The maximum Gasteiger partial charge on any atom is 0.272 e. The minimum Gasteiger partial charge on any atom is -0.490 e. The predicted octanol–water partition coefficient (Wildman–Crippen LogP) is 7.23. The molecule has 4 fully saturated rings. The van der Waals surface area contributed by atoms with Crippen molar-refractivity contribution in [2.75, 3.05) is 61.0 Å². The molecule has 0 unspecified atom stereocenters. The Balaban J connectivity index is 0.677. The summed E-state index contributed by atoms with van der Waals surface area (Å²) < 4.78 is 14.4. The zero-order valence-corrected chi connectivity index (χ0v) is 39.3. The van der Waals surface area contributed by atoms with Crippen LogP contribution in [0.2, 0.25) is 5.02 Å². The van der Waals surface area contributed by atoms with Crippen LogP contribution < -0.4 is 29.9 Å². The second-order valence-corrected chi connectivity index (χ2v) is 19.0. The summed E-state index contributed by atoms with van der Waals surface area (Å²) in [6.07, 6.45) is 16.3. The first kappa shape index (κ1) is 46.4. The molecule has 1 saturated carbocycles. The second kappa shape index (κ2) is 21.9. The van der Waals surface area contributed by atoms with Crippen LogP contribution in [0.3, 0.4) is 0 Å². The molecule has 0 spiro atoms. The largest absolute Gasteiger partial charge is 0.490 e. The van der Waals surface area contributed by atoms with Gasteiger partial charge in [-0.05, 0) is 119 Å². The number of amides is 1. The first-order valence-electron chi connectivity index (χ1n) is 24.4. The number of carbonyl (C=O) groups excluding carboxylic acids is 1. The van der Waals surface area contributed by atoms with Crippen LogP contribution in [0.15, 0.2) is 60.9 Å². The van der Waals surface area contributed by atoms with E-state index in [1.54, 1.807) is 24.3 Å². The number of halogens is 1. The molecule has 1 aliphatic carbocycles. The monoisotopic (exact) mass is 930 g/mol. The molecule has 1 amide bonds. The van der Waals surface area contributed by atoms with Crippen molar-refractivity contribution in [2.24, 2.45) is 5.92 Å². The van der Waals surface area contributed by atoms with Crippen molar-refractivity contribution in [2.45, 2.75) is 121 Å². The van der Waals surface area contributed by atoms with Crippen LogP contribution >= 0.6 is 11.6 Å². The zero-order valence-electron chi connectivity index (χ0n) is 38.5. The molecule has 3 aliphatic heterocycles. The van der Waals surface area contributed by atoms with Gasteiger partial charge in [-0.15, -0.1) is 10.2 Å². The van der Waals surface area contributed by atoms with Crippen LogP contribution in [0.5, 0.6) is 11.6 Å². The molecule has 17 heteroatoms. The molecule has 354 valence electrons. The van der Waals surface area contributed by atoms with Gasteiger partial charge in [-0.2, -0.15) is 14.9 Å². The highest BCUT2D eigenvalue weighted by Gasteiger charge is 2.29. The number of ether oxygens (including phenoxy) is 2. The molecular weight excluding hydrogens is 868 g/mol. The van der Waals surface area contributed by atoms with Crippen LogP contribution in [0.1, 0.15) is 111 Å². The number of nitrogens with one attached hydrogen (secondary N) is 2. The van der Waals surface area contributed by atoms with Gasteiger partial charge in [0.1, 0.15) is 29.6 Å². The Hall–Kier alpha value is -5.76. The number of pyridine rings is 1. The maximum atomic E-state index is 13.1. The maximum absolute atomic E-state index is 13.1. The first-order valence-corrected chi connectivity index (χ1v) is 24.8. The quantitative estimate of drug-likeness (QED) is 0.0901. The number of aromatic nitrogens is 6. The Kier molecular flexibility index (Phi) is 15.2. The molecule has 3 N–H and O–H groups in total. The lowest BCUT2D eigenvalue weighted by Crippen LogP contribution is -2.43. The number of likely N-dealkylation sites (tertiary alicyclic amines) is 1. The molecule has 7 heterocycles. The highest BCUT2D eigenvalue weighted by Crippen LogP contribution is 2.31. The normalized spacial score (nSPS) is 21.0. The van der Waals surface area contributed by atoms with Crippen LogP contribution in [-0.2, 0) is 13.0 Å². The van der Waals surface area contributed by atoms with Gasteiger partial charge in [0.25, 0.3) is 5.91 Å². The van der Waals surface area contributed by atoms with E-state index in [-0.39, 0.29) is 36.8 Å². The van der Waals surface area contributed by atoms with Crippen LogP contribution in [0.4, 0.5) is 17.5 Å². The lowest BCUT2D eigenvalue weighted by Gasteiger charge is -2.37. The molecular formula is C50H63ClN12O4. The van der Waals surface area contributed by atoms with Gasteiger partial charge in [0.05, 0.1) is 22.9 Å². The number of rotatable bonds is 16.